The molecule has 2 heterocycles. The number of pyridine rings is 1. The van der Waals surface area contributed by atoms with E-state index < -0.39 is 5.82 Å². The lowest BCUT2D eigenvalue weighted by molar-refractivity contribution is 0.0880. The number of rotatable bonds is 9. The number of ether oxygens (including phenoxy) is 1. The molecule has 8 heteroatoms. The van der Waals surface area contributed by atoms with Gasteiger partial charge in [-0.2, -0.15) is 0 Å². The quantitative estimate of drug-likeness (QED) is 0.364. The van der Waals surface area contributed by atoms with Gasteiger partial charge in [-0.3, -0.25) is 9.78 Å². The molecule has 7 nitrogen and oxygen atoms in total. The molecule has 0 saturated carbocycles. The van der Waals surface area contributed by atoms with Gasteiger partial charge < -0.3 is 25.7 Å². The van der Waals surface area contributed by atoms with Crippen LogP contribution in [0.3, 0.4) is 0 Å². The second kappa shape index (κ2) is 10.9. The van der Waals surface area contributed by atoms with Crippen LogP contribution >= 0.6 is 0 Å². The maximum Gasteiger partial charge on any atom is 0.254 e. The Labute approximate surface area is 211 Å². The van der Waals surface area contributed by atoms with E-state index in [0.717, 1.165) is 24.2 Å². The first-order chi connectivity index (χ1) is 17.3. The molecule has 1 saturated heterocycles. The van der Waals surface area contributed by atoms with Crippen molar-refractivity contribution in [3.63, 3.8) is 0 Å². The molecule has 1 fully saturated rings. The van der Waals surface area contributed by atoms with E-state index in [9.17, 15) is 4.79 Å². The molecule has 3 aromatic rings. The summed E-state index contributed by atoms with van der Waals surface area (Å²) in [4.78, 5) is 19.4. The topological polar surface area (TPSA) is 90.3 Å². The van der Waals surface area contributed by atoms with Crippen molar-refractivity contribution in [2.75, 3.05) is 32.5 Å². The molecular formula is C28H32FN5O2. The van der Waals surface area contributed by atoms with Gasteiger partial charge in [0.25, 0.3) is 5.91 Å². The number of carbonyl (C=O) groups excluding carboxylic acids is 1. The van der Waals surface area contributed by atoms with Crippen LogP contribution in [0.4, 0.5) is 10.1 Å². The number of hydrogen-bond acceptors (Lipinski definition) is 6. The second-order valence-corrected chi connectivity index (χ2v) is 9.04. The molecule has 3 N–H and O–H groups in total. The van der Waals surface area contributed by atoms with Crippen molar-refractivity contribution in [2.24, 2.45) is 0 Å². The fourth-order valence-corrected chi connectivity index (χ4v) is 4.36. The van der Waals surface area contributed by atoms with E-state index in [-0.39, 0.29) is 11.5 Å². The number of nitrogens with one attached hydrogen (secondary N) is 3. The van der Waals surface area contributed by atoms with Gasteiger partial charge in [0, 0.05) is 60.5 Å². The molecule has 0 spiro atoms. The fraction of sp³-hybridized carbons (Fsp3) is 0.321. The van der Waals surface area contributed by atoms with Crippen molar-refractivity contribution in [3.8, 4) is 22.8 Å². The minimum atomic E-state index is -0.562. The van der Waals surface area contributed by atoms with Gasteiger partial charge in [-0.05, 0) is 69.3 Å². The molecule has 0 radical (unpaired) electrons. The first-order valence-electron chi connectivity index (χ1n) is 12.1. The Kier molecular flexibility index (Phi) is 7.64. The first kappa shape index (κ1) is 25.3. The van der Waals surface area contributed by atoms with Gasteiger partial charge in [-0.1, -0.05) is 6.92 Å². The van der Waals surface area contributed by atoms with Crippen molar-refractivity contribution >= 4 is 17.3 Å². The van der Waals surface area contributed by atoms with E-state index in [2.05, 4.69) is 20.5 Å². The fourth-order valence-electron chi connectivity index (χ4n) is 4.36. The molecule has 4 rings (SSSR count). The summed E-state index contributed by atoms with van der Waals surface area (Å²) in [6, 6.07) is 12.4. The third-order valence-corrected chi connectivity index (χ3v) is 6.64. The number of anilines is 1. The molecular weight excluding hydrogens is 457 g/mol. The summed E-state index contributed by atoms with van der Waals surface area (Å²) in [5.74, 6) is 0.204. The Morgan fingerprint density at radius 3 is 2.64 bits per heavy atom. The highest BCUT2D eigenvalue weighted by molar-refractivity contribution is 6.01. The van der Waals surface area contributed by atoms with Gasteiger partial charge in [0.15, 0.2) is 0 Å². The molecule has 36 heavy (non-hydrogen) atoms. The SMILES string of the molecule is CCc1cc(-c2cc(Oc3ccc(C(C)=N)c(NC)c3)ccn2)cc(F)c1C(=O)NC[C@@H]1CCN1C. The Bertz CT molecular complexity index is 1290. The van der Waals surface area contributed by atoms with E-state index in [1.807, 2.05) is 32.2 Å². The first-order valence-corrected chi connectivity index (χ1v) is 12.1. The highest BCUT2D eigenvalue weighted by Gasteiger charge is 2.25. The van der Waals surface area contributed by atoms with E-state index in [1.165, 1.54) is 6.07 Å². The zero-order valence-electron chi connectivity index (χ0n) is 21.1. The van der Waals surface area contributed by atoms with Crippen molar-refractivity contribution < 1.29 is 13.9 Å². The van der Waals surface area contributed by atoms with Gasteiger partial charge in [0.1, 0.15) is 17.3 Å². The number of likely N-dealkylation sites (tertiary alicyclic amines) is 1. The summed E-state index contributed by atoms with van der Waals surface area (Å²) in [5.41, 5.74) is 3.90. The Morgan fingerprint density at radius 1 is 1.22 bits per heavy atom. The minimum absolute atomic E-state index is 0.0943. The van der Waals surface area contributed by atoms with Crippen LogP contribution in [-0.2, 0) is 6.42 Å². The van der Waals surface area contributed by atoms with Crippen LogP contribution < -0.4 is 15.4 Å². The number of aryl methyl sites for hydroxylation is 1. The van der Waals surface area contributed by atoms with Crippen LogP contribution in [-0.4, -0.2) is 54.7 Å². The van der Waals surface area contributed by atoms with E-state index in [4.69, 9.17) is 10.1 Å². The standard InChI is InChI=1S/C28H32FN5O2/c1-5-18-12-19(13-24(29)27(18)28(35)33-16-20-9-11-34(20)4)25-14-22(8-10-32-25)36-21-6-7-23(17(2)30)26(15-21)31-3/h6-8,10,12-15,20,30-31H,5,9,11,16H2,1-4H3,(H,33,35)/t20-/m0/s1. The largest absolute Gasteiger partial charge is 0.457 e. The summed E-state index contributed by atoms with van der Waals surface area (Å²) in [6.45, 7) is 5.17. The molecule has 1 aromatic heterocycles. The second-order valence-electron chi connectivity index (χ2n) is 9.04. The zero-order valence-corrected chi connectivity index (χ0v) is 21.1. The van der Waals surface area contributed by atoms with Gasteiger partial charge in [0.2, 0.25) is 0 Å². The number of amides is 1. The lowest BCUT2D eigenvalue weighted by Gasteiger charge is -2.37. The number of nitrogens with zero attached hydrogens (tertiary/aromatic N) is 2. The third kappa shape index (κ3) is 5.39. The molecule has 0 bridgehead atoms. The van der Waals surface area contributed by atoms with Crippen molar-refractivity contribution in [1.82, 2.24) is 15.2 Å². The summed E-state index contributed by atoms with van der Waals surface area (Å²) in [5, 5.41) is 13.9. The lowest BCUT2D eigenvalue weighted by atomic mass is 9.98. The number of aromatic nitrogens is 1. The van der Waals surface area contributed by atoms with Crippen LogP contribution in [0, 0.1) is 11.2 Å². The molecule has 1 aliphatic rings. The molecule has 0 aliphatic carbocycles. The van der Waals surface area contributed by atoms with Gasteiger partial charge >= 0.3 is 0 Å². The van der Waals surface area contributed by atoms with Crippen LogP contribution in [0.15, 0.2) is 48.7 Å². The molecule has 1 atom stereocenters. The summed E-state index contributed by atoms with van der Waals surface area (Å²) < 4.78 is 21.2. The van der Waals surface area contributed by atoms with E-state index in [1.54, 1.807) is 38.4 Å². The highest BCUT2D eigenvalue weighted by Crippen LogP contribution is 2.31. The number of benzene rings is 2. The smallest absolute Gasteiger partial charge is 0.254 e. The molecule has 188 valence electrons. The monoisotopic (exact) mass is 489 g/mol. The lowest BCUT2D eigenvalue weighted by Crippen LogP contribution is -2.51. The van der Waals surface area contributed by atoms with E-state index >= 15 is 4.39 Å². The Balaban J connectivity index is 1.56. The van der Waals surface area contributed by atoms with Gasteiger partial charge in [0.05, 0.1) is 11.3 Å². The summed E-state index contributed by atoms with van der Waals surface area (Å²) in [6.07, 6.45) is 3.16. The average Bonchev–Trinajstić information content (AvgIpc) is 2.87. The van der Waals surface area contributed by atoms with Crippen molar-refractivity contribution in [2.45, 2.75) is 32.7 Å². The Morgan fingerprint density at radius 2 is 2.00 bits per heavy atom. The molecule has 1 aliphatic heterocycles. The normalized spacial score (nSPS) is 15.2. The number of carbonyl (C=O) groups is 1. The molecule has 1 amide bonds. The summed E-state index contributed by atoms with van der Waals surface area (Å²) in [7, 11) is 3.81. The Hall–Kier alpha value is -3.78. The van der Waals surface area contributed by atoms with Crippen LogP contribution in [0.25, 0.3) is 11.3 Å². The van der Waals surface area contributed by atoms with Gasteiger partial charge in [-0.15, -0.1) is 0 Å². The van der Waals surface area contributed by atoms with E-state index in [0.29, 0.717) is 53.0 Å². The maximum atomic E-state index is 15.2. The molecule has 0 unspecified atom stereocenters. The van der Waals surface area contributed by atoms with Gasteiger partial charge in [-0.25, -0.2) is 4.39 Å². The average molecular weight is 490 g/mol. The highest BCUT2D eigenvalue weighted by atomic mass is 19.1. The van der Waals surface area contributed by atoms with Crippen molar-refractivity contribution in [3.05, 3.63) is 71.2 Å². The number of hydrogen-bond donors (Lipinski definition) is 3. The van der Waals surface area contributed by atoms with Crippen LogP contribution in [0.2, 0.25) is 0 Å². The van der Waals surface area contributed by atoms with Crippen LogP contribution in [0.1, 0.15) is 41.8 Å². The van der Waals surface area contributed by atoms with Crippen LogP contribution in [0.5, 0.6) is 11.5 Å². The van der Waals surface area contributed by atoms with Crippen molar-refractivity contribution in [1.29, 1.82) is 5.41 Å². The number of halogens is 1. The third-order valence-electron chi connectivity index (χ3n) is 6.64. The predicted molar refractivity (Wildman–Crippen MR) is 141 cm³/mol. The summed E-state index contributed by atoms with van der Waals surface area (Å²) >= 11 is 0. The minimum Gasteiger partial charge on any atom is -0.457 e. The number of likely N-dealkylation sites (N-methyl/N-ethyl adjacent to an activating group) is 1. The molecule has 2 aromatic carbocycles. The predicted octanol–water partition coefficient (Wildman–Crippen LogP) is 5.11. The maximum absolute atomic E-state index is 15.2. The zero-order chi connectivity index (χ0) is 25.8.